The van der Waals surface area contributed by atoms with Crippen LogP contribution in [-0.4, -0.2) is 28.5 Å². The summed E-state index contributed by atoms with van der Waals surface area (Å²) in [6.45, 7) is 0. The maximum atomic E-state index is 13.0. The lowest BCUT2D eigenvalue weighted by atomic mass is 10.2. The van der Waals surface area contributed by atoms with Gasteiger partial charge in [0.05, 0.1) is 27.3 Å². The molecule has 1 unspecified atom stereocenters. The van der Waals surface area contributed by atoms with Crippen molar-refractivity contribution in [3.63, 3.8) is 0 Å². The molecule has 1 aromatic heterocycles. The van der Waals surface area contributed by atoms with Gasteiger partial charge >= 0.3 is 0 Å². The van der Waals surface area contributed by atoms with E-state index in [1.165, 1.54) is 19.6 Å². The van der Waals surface area contributed by atoms with Crippen LogP contribution < -0.4 is 4.74 Å². The Morgan fingerprint density at radius 1 is 1.07 bits per heavy atom. The van der Waals surface area contributed by atoms with Crippen molar-refractivity contribution in [3.8, 4) is 17.6 Å². The Labute approximate surface area is 178 Å². The van der Waals surface area contributed by atoms with Crippen molar-refractivity contribution in [1.82, 2.24) is 4.98 Å². The molecule has 3 aromatic rings. The van der Waals surface area contributed by atoms with Gasteiger partial charge in [-0.3, -0.25) is 9.78 Å². The van der Waals surface area contributed by atoms with Crippen molar-refractivity contribution in [2.45, 2.75) is 4.90 Å². The number of carbonyl (C=O) groups excluding carboxylic acids is 1. The van der Waals surface area contributed by atoms with Gasteiger partial charge in [0.15, 0.2) is 0 Å². The lowest BCUT2D eigenvalue weighted by molar-refractivity contribution is 0.100. The zero-order chi connectivity index (χ0) is 20.9. The number of carbonyl (C=O) groups is 1. The lowest BCUT2D eigenvalue weighted by Gasteiger charge is -2.06. The number of pyridine rings is 1. The quantitative estimate of drug-likeness (QED) is 0.528. The smallest absolute Gasteiger partial charge is 0.286 e. The Bertz CT molecular complexity index is 1230. The van der Waals surface area contributed by atoms with Crippen LogP contribution in [0.4, 0.5) is 0 Å². The highest BCUT2D eigenvalue weighted by Gasteiger charge is 2.13. The van der Waals surface area contributed by atoms with Gasteiger partial charge in [-0.05, 0) is 48.5 Å². The third kappa shape index (κ3) is 5.53. The number of hydrogen-bond acceptors (Lipinski definition) is 4. The molecule has 7 heteroatoms. The molecule has 0 spiro atoms. The summed E-state index contributed by atoms with van der Waals surface area (Å²) in [5.74, 6) is 5.93. The van der Waals surface area contributed by atoms with Crippen LogP contribution in [0.5, 0.6) is 5.75 Å². The van der Waals surface area contributed by atoms with Crippen LogP contribution in [0.25, 0.3) is 0 Å². The fraction of sp³-hybridized carbons (Fsp3) is 0.0909. The highest BCUT2D eigenvalue weighted by molar-refractivity contribution is 9.10. The molecule has 1 heterocycles. The Morgan fingerprint density at radius 3 is 2.52 bits per heavy atom. The summed E-state index contributed by atoms with van der Waals surface area (Å²) in [5.41, 5.74) is 1.63. The summed E-state index contributed by atoms with van der Waals surface area (Å²) in [6.07, 6.45) is 4.37. The third-order valence-electron chi connectivity index (χ3n) is 3.92. The average Bonchev–Trinajstić information content (AvgIpc) is 2.73. The Hall–Kier alpha value is -2.95. The molecule has 0 fully saturated rings. The zero-order valence-electron chi connectivity index (χ0n) is 15.8. The summed E-state index contributed by atoms with van der Waals surface area (Å²) >= 11 is 3.38. The molecule has 5 nitrogen and oxygen atoms in total. The largest absolute Gasteiger partial charge is 0.497 e. The molecule has 3 rings (SSSR count). The van der Waals surface area contributed by atoms with Gasteiger partial charge in [-0.25, -0.2) is 4.21 Å². The van der Waals surface area contributed by atoms with Gasteiger partial charge in [-0.2, -0.15) is 4.36 Å². The van der Waals surface area contributed by atoms with Crippen molar-refractivity contribution in [3.05, 3.63) is 88.2 Å². The Balaban J connectivity index is 1.88. The topological polar surface area (TPSA) is 68.6 Å². The number of aromatic nitrogens is 1. The lowest BCUT2D eigenvalue weighted by Crippen LogP contribution is -2.05. The minimum absolute atomic E-state index is 0.227. The summed E-state index contributed by atoms with van der Waals surface area (Å²) in [7, 11) is -1.42. The maximum Gasteiger partial charge on any atom is 0.286 e. The highest BCUT2D eigenvalue weighted by atomic mass is 79.9. The molecule has 0 aliphatic carbocycles. The number of rotatable bonds is 3. The number of methoxy groups -OCH3 is 1. The maximum absolute atomic E-state index is 13.0. The minimum Gasteiger partial charge on any atom is -0.497 e. The fourth-order valence-corrected chi connectivity index (χ4v) is 3.86. The fourth-order valence-electron chi connectivity index (χ4n) is 2.40. The monoisotopic (exact) mass is 468 g/mol. The van der Waals surface area contributed by atoms with E-state index < -0.39 is 15.6 Å². The summed E-state index contributed by atoms with van der Waals surface area (Å²) < 4.78 is 23.0. The standard InChI is InChI=1S/C22H17BrN2O3S/c1-28-20-4-3-5-21(13-20)29(2,27)25-22(26)18-12-17(14-24-15-18)7-6-16-8-10-19(23)11-9-16/h3-5,8-15H,1-2H3. The Kier molecular flexibility index (Phi) is 6.47. The predicted octanol–water partition coefficient (Wildman–Crippen LogP) is 4.55. The molecular weight excluding hydrogens is 452 g/mol. The second-order valence-electron chi connectivity index (χ2n) is 6.10. The van der Waals surface area contributed by atoms with Gasteiger partial charge in [0.25, 0.3) is 5.91 Å². The van der Waals surface area contributed by atoms with E-state index in [2.05, 4.69) is 37.1 Å². The molecule has 0 N–H and O–H groups in total. The van der Waals surface area contributed by atoms with Crippen molar-refractivity contribution < 1.29 is 13.7 Å². The van der Waals surface area contributed by atoms with E-state index in [1.54, 1.807) is 36.5 Å². The molecule has 1 atom stereocenters. The molecule has 0 saturated carbocycles. The SMILES string of the molecule is COc1cccc(S(C)(=O)=NC(=O)c2cncc(C#Cc3ccc(Br)cc3)c2)c1. The molecule has 0 saturated heterocycles. The first-order valence-corrected chi connectivity index (χ1v) is 11.2. The predicted molar refractivity (Wildman–Crippen MR) is 116 cm³/mol. The van der Waals surface area contributed by atoms with Gasteiger partial charge in [0.1, 0.15) is 5.75 Å². The molecule has 0 radical (unpaired) electrons. The molecule has 0 bridgehead atoms. The van der Waals surface area contributed by atoms with Crippen molar-refractivity contribution >= 4 is 31.6 Å². The molecule has 0 aliphatic heterocycles. The molecule has 0 aliphatic rings. The van der Waals surface area contributed by atoms with Crippen LogP contribution in [0.15, 0.2) is 80.7 Å². The average molecular weight is 469 g/mol. The van der Waals surface area contributed by atoms with Crippen LogP contribution in [0, 0.1) is 11.8 Å². The van der Waals surface area contributed by atoms with Crippen molar-refractivity contribution in [2.75, 3.05) is 13.4 Å². The number of nitrogens with zero attached hydrogens (tertiary/aromatic N) is 2. The third-order valence-corrected chi connectivity index (χ3v) is 6.09. The van der Waals surface area contributed by atoms with Crippen molar-refractivity contribution in [2.24, 2.45) is 4.36 Å². The number of hydrogen-bond donors (Lipinski definition) is 0. The molecule has 1 amide bonds. The van der Waals surface area contributed by atoms with Gasteiger partial charge in [0.2, 0.25) is 0 Å². The first-order chi connectivity index (χ1) is 13.9. The normalized spacial score (nSPS) is 12.2. The summed E-state index contributed by atoms with van der Waals surface area (Å²) in [5, 5.41) is 0. The van der Waals surface area contributed by atoms with E-state index in [-0.39, 0.29) is 5.56 Å². The van der Waals surface area contributed by atoms with Crippen LogP contribution in [0.3, 0.4) is 0 Å². The van der Waals surface area contributed by atoms with E-state index in [4.69, 9.17) is 4.74 Å². The van der Waals surface area contributed by atoms with Gasteiger partial charge in [-0.15, -0.1) is 0 Å². The number of amides is 1. The number of ether oxygens (including phenoxy) is 1. The first kappa shape index (κ1) is 20.8. The van der Waals surface area contributed by atoms with Crippen molar-refractivity contribution in [1.29, 1.82) is 0 Å². The van der Waals surface area contributed by atoms with Crippen LogP contribution in [0.1, 0.15) is 21.5 Å². The van der Waals surface area contributed by atoms with Crippen LogP contribution in [0.2, 0.25) is 0 Å². The molecule has 29 heavy (non-hydrogen) atoms. The number of benzene rings is 2. The minimum atomic E-state index is -2.94. The van der Waals surface area contributed by atoms with E-state index in [0.717, 1.165) is 10.0 Å². The van der Waals surface area contributed by atoms with Gasteiger partial charge in [0, 0.05) is 34.2 Å². The van der Waals surface area contributed by atoms with E-state index in [0.29, 0.717) is 16.2 Å². The summed E-state index contributed by atoms with van der Waals surface area (Å²) in [4.78, 5) is 17.1. The Morgan fingerprint density at radius 2 is 1.79 bits per heavy atom. The molecule has 146 valence electrons. The van der Waals surface area contributed by atoms with E-state index in [1.807, 2.05) is 24.3 Å². The number of halogens is 1. The summed E-state index contributed by atoms with van der Waals surface area (Å²) in [6, 6.07) is 15.9. The zero-order valence-corrected chi connectivity index (χ0v) is 18.2. The molecular formula is C22H17BrN2O3S. The second-order valence-corrected chi connectivity index (χ2v) is 9.27. The first-order valence-electron chi connectivity index (χ1n) is 8.50. The highest BCUT2D eigenvalue weighted by Crippen LogP contribution is 2.19. The van der Waals surface area contributed by atoms with E-state index >= 15 is 0 Å². The van der Waals surface area contributed by atoms with Gasteiger partial charge in [-0.1, -0.05) is 33.8 Å². The van der Waals surface area contributed by atoms with Gasteiger partial charge < -0.3 is 4.74 Å². The second kappa shape index (κ2) is 9.03. The van der Waals surface area contributed by atoms with E-state index in [9.17, 15) is 9.00 Å². The van der Waals surface area contributed by atoms with Crippen LogP contribution >= 0.6 is 15.9 Å². The molecule has 2 aromatic carbocycles. The van der Waals surface area contributed by atoms with Crippen LogP contribution in [-0.2, 0) is 9.73 Å².